The van der Waals surface area contributed by atoms with Crippen molar-refractivity contribution in [1.82, 2.24) is 0 Å². The zero-order chi connectivity index (χ0) is 10.4. The summed E-state index contributed by atoms with van der Waals surface area (Å²) in [6.45, 7) is 5.08. The quantitative estimate of drug-likeness (QED) is 0.739. The van der Waals surface area contributed by atoms with Crippen LogP contribution >= 0.6 is 0 Å². The molecule has 0 aromatic carbocycles. The topological polar surface area (TPSA) is 35.2 Å². The molecule has 1 atom stereocenters. The third-order valence-electron chi connectivity index (χ3n) is 3.28. The van der Waals surface area contributed by atoms with Gasteiger partial charge in [0.25, 0.3) is 0 Å². The van der Waals surface area contributed by atoms with Crippen LogP contribution in [0.3, 0.4) is 0 Å². The van der Waals surface area contributed by atoms with Crippen LogP contribution in [0.15, 0.2) is 0 Å². The van der Waals surface area contributed by atoms with Gasteiger partial charge in [0.2, 0.25) is 0 Å². The molecule has 14 heavy (non-hydrogen) atoms. The first-order chi connectivity index (χ1) is 6.72. The number of ether oxygens (including phenoxy) is 1. The third-order valence-corrected chi connectivity index (χ3v) is 3.28. The second kappa shape index (κ2) is 5.72. The highest BCUT2D eigenvalue weighted by molar-refractivity contribution is 4.86. The lowest BCUT2D eigenvalue weighted by atomic mass is 9.84. The van der Waals surface area contributed by atoms with Gasteiger partial charge in [-0.15, -0.1) is 0 Å². The van der Waals surface area contributed by atoms with Crippen molar-refractivity contribution in [3.63, 3.8) is 0 Å². The lowest BCUT2D eigenvalue weighted by Crippen LogP contribution is -2.44. The van der Waals surface area contributed by atoms with Crippen molar-refractivity contribution >= 4 is 0 Å². The van der Waals surface area contributed by atoms with Crippen LogP contribution in [-0.4, -0.2) is 18.2 Å². The zero-order valence-electron chi connectivity index (χ0n) is 9.72. The van der Waals surface area contributed by atoms with Gasteiger partial charge in [-0.05, 0) is 26.2 Å². The van der Waals surface area contributed by atoms with Gasteiger partial charge in [-0.3, -0.25) is 0 Å². The molecule has 2 nitrogen and oxygen atoms in total. The monoisotopic (exact) mass is 199 g/mol. The minimum atomic E-state index is 0.0207. The summed E-state index contributed by atoms with van der Waals surface area (Å²) >= 11 is 0. The van der Waals surface area contributed by atoms with Crippen LogP contribution in [-0.2, 0) is 4.74 Å². The molecule has 1 aliphatic rings. The Morgan fingerprint density at radius 2 is 1.93 bits per heavy atom. The van der Waals surface area contributed by atoms with Gasteiger partial charge in [-0.25, -0.2) is 0 Å². The maximum atomic E-state index is 6.14. The molecule has 1 rings (SSSR count). The van der Waals surface area contributed by atoms with Crippen molar-refractivity contribution in [2.45, 2.75) is 70.5 Å². The molecule has 0 aliphatic heterocycles. The van der Waals surface area contributed by atoms with Gasteiger partial charge < -0.3 is 10.5 Å². The minimum Gasteiger partial charge on any atom is -0.371 e. The van der Waals surface area contributed by atoms with E-state index in [0.717, 1.165) is 19.3 Å². The van der Waals surface area contributed by atoms with E-state index >= 15 is 0 Å². The highest BCUT2D eigenvalue weighted by Crippen LogP contribution is 2.32. The van der Waals surface area contributed by atoms with Crippen molar-refractivity contribution in [1.29, 1.82) is 0 Å². The van der Waals surface area contributed by atoms with E-state index in [9.17, 15) is 0 Å². The Kier molecular flexibility index (Phi) is 4.90. The predicted molar refractivity (Wildman–Crippen MR) is 60.3 cm³/mol. The fourth-order valence-electron chi connectivity index (χ4n) is 2.46. The summed E-state index contributed by atoms with van der Waals surface area (Å²) in [5, 5.41) is 0. The molecule has 0 bridgehead atoms. The summed E-state index contributed by atoms with van der Waals surface area (Å²) in [6.07, 6.45) is 8.99. The molecule has 2 heteroatoms. The second-order valence-electron chi connectivity index (χ2n) is 4.66. The summed E-state index contributed by atoms with van der Waals surface area (Å²) < 4.78 is 6.14. The van der Waals surface area contributed by atoms with Crippen LogP contribution in [0.4, 0.5) is 0 Å². The Bertz CT molecular complexity index is 152. The van der Waals surface area contributed by atoms with Gasteiger partial charge in [0.05, 0.1) is 11.7 Å². The lowest BCUT2D eigenvalue weighted by Gasteiger charge is -2.38. The van der Waals surface area contributed by atoms with Crippen LogP contribution in [0.5, 0.6) is 0 Å². The molecule has 0 aromatic rings. The SMILES string of the molecule is CCCC(C)OC1(CN)CCCCC1. The van der Waals surface area contributed by atoms with Crippen LogP contribution in [0.2, 0.25) is 0 Å². The molecule has 1 unspecified atom stereocenters. The summed E-state index contributed by atoms with van der Waals surface area (Å²) in [4.78, 5) is 0. The van der Waals surface area contributed by atoms with Crippen molar-refractivity contribution in [2.75, 3.05) is 6.54 Å². The molecule has 1 saturated carbocycles. The number of hydrogen-bond acceptors (Lipinski definition) is 2. The molecule has 0 radical (unpaired) electrons. The van der Waals surface area contributed by atoms with Crippen LogP contribution in [0.1, 0.15) is 58.8 Å². The number of hydrogen-bond donors (Lipinski definition) is 1. The average Bonchev–Trinajstić information content (AvgIpc) is 2.19. The second-order valence-corrected chi connectivity index (χ2v) is 4.66. The predicted octanol–water partition coefficient (Wildman–Crippen LogP) is 2.85. The molecule has 2 N–H and O–H groups in total. The van der Waals surface area contributed by atoms with Gasteiger partial charge in [0, 0.05) is 6.54 Å². The van der Waals surface area contributed by atoms with E-state index in [1.165, 1.54) is 25.7 Å². The van der Waals surface area contributed by atoms with Crippen molar-refractivity contribution in [2.24, 2.45) is 5.73 Å². The van der Waals surface area contributed by atoms with Gasteiger partial charge in [0.1, 0.15) is 0 Å². The van der Waals surface area contributed by atoms with Gasteiger partial charge in [-0.2, -0.15) is 0 Å². The highest BCUT2D eigenvalue weighted by Gasteiger charge is 2.32. The molecule has 0 spiro atoms. The van der Waals surface area contributed by atoms with Gasteiger partial charge in [-0.1, -0.05) is 32.6 Å². The molecule has 0 amide bonds. The zero-order valence-corrected chi connectivity index (χ0v) is 9.72. The van der Waals surface area contributed by atoms with Crippen LogP contribution in [0, 0.1) is 0 Å². The van der Waals surface area contributed by atoms with E-state index in [4.69, 9.17) is 10.5 Å². The summed E-state index contributed by atoms with van der Waals surface area (Å²) in [7, 11) is 0. The van der Waals surface area contributed by atoms with Crippen molar-refractivity contribution in [3.8, 4) is 0 Å². The lowest BCUT2D eigenvalue weighted by molar-refractivity contribution is -0.103. The number of rotatable bonds is 5. The average molecular weight is 199 g/mol. The molecular weight excluding hydrogens is 174 g/mol. The molecule has 84 valence electrons. The summed E-state index contributed by atoms with van der Waals surface area (Å²) in [5.41, 5.74) is 5.88. The first-order valence-electron chi connectivity index (χ1n) is 6.10. The van der Waals surface area contributed by atoms with E-state index in [1.54, 1.807) is 0 Å². The Morgan fingerprint density at radius 3 is 2.43 bits per heavy atom. The normalized spacial score (nSPS) is 23.4. The molecule has 0 heterocycles. The maximum absolute atomic E-state index is 6.14. The Morgan fingerprint density at radius 1 is 1.29 bits per heavy atom. The van der Waals surface area contributed by atoms with E-state index in [2.05, 4.69) is 13.8 Å². The third kappa shape index (κ3) is 3.25. The molecule has 0 saturated heterocycles. The van der Waals surface area contributed by atoms with E-state index < -0.39 is 0 Å². The first-order valence-corrected chi connectivity index (χ1v) is 6.10. The smallest absolute Gasteiger partial charge is 0.0807 e. The minimum absolute atomic E-state index is 0.0207. The molecule has 1 fully saturated rings. The Labute approximate surface area is 88.2 Å². The van der Waals surface area contributed by atoms with Crippen molar-refractivity contribution in [3.05, 3.63) is 0 Å². The van der Waals surface area contributed by atoms with Gasteiger partial charge >= 0.3 is 0 Å². The molecular formula is C12H25NO. The summed E-state index contributed by atoms with van der Waals surface area (Å²) in [6, 6.07) is 0. The number of nitrogens with two attached hydrogens (primary N) is 1. The Balaban J connectivity index is 2.42. The standard InChI is InChI=1S/C12H25NO/c1-3-7-11(2)14-12(10-13)8-5-4-6-9-12/h11H,3-10,13H2,1-2H3. The molecule has 1 aliphatic carbocycles. The first kappa shape index (κ1) is 12.0. The maximum Gasteiger partial charge on any atom is 0.0807 e. The van der Waals surface area contributed by atoms with E-state index in [1.807, 2.05) is 0 Å². The highest BCUT2D eigenvalue weighted by atomic mass is 16.5. The van der Waals surface area contributed by atoms with Crippen LogP contribution < -0.4 is 5.73 Å². The van der Waals surface area contributed by atoms with Gasteiger partial charge in [0.15, 0.2) is 0 Å². The Hall–Kier alpha value is -0.0800. The van der Waals surface area contributed by atoms with Crippen molar-refractivity contribution < 1.29 is 4.74 Å². The van der Waals surface area contributed by atoms with E-state index in [-0.39, 0.29) is 5.60 Å². The summed E-state index contributed by atoms with van der Waals surface area (Å²) in [5.74, 6) is 0. The fourth-order valence-corrected chi connectivity index (χ4v) is 2.46. The largest absolute Gasteiger partial charge is 0.371 e. The fraction of sp³-hybridized carbons (Fsp3) is 1.00. The molecule has 0 aromatic heterocycles. The van der Waals surface area contributed by atoms with E-state index in [0.29, 0.717) is 12.6 Å². The van der Waals surface area contributed by atoms with Crippen LogP contribution in [0.25, 0.3) is 0 Å².